The number of aliphatic hydroxyl groups is 2. The van der Waals surface area contributed by atoms with Gasteiger partial charge in [0.2, 0.25) is 5.91 Å². The van der Waals surface area contributed by atoms with Gasteiger partial charge in [0.25, 0.3) is 0 Å². The predicted molar refractivity (Wildman–Crippen MR) is 207 cm³/mol. The van der Waals surface area contributed by atoms with Crippen LogP contribution in [0.15, 0.2) is 0 Å². The monoisotopic (exact) mass is 666 g/mol. The highest BCUT2D eigenvalue weighted by atomic mass is 16.3. The van der Waals surface area contributed by atoms with Gasteiger partial charge in [0.1, 0.15) is 0 Å². The molecule has 4 heteroatoms. The van der Waals surface area contributed by atoms with E-state index in [1.54, 1.807) is 0 Å². The van der Waals surface area contributed by atoms with E-state index in [0.29, 0.717) is 12.8 Å². The molecule has 1 amide bonds. The fraction of sp³-hybridized carbons (Fsp3) is 0.977. The largest absolute Gasteiger partial charge is 0.394 e. The molecule has 0 fully saturated rings. The maximum absolute atomic E-state index is 12.4. The Balaban J connectivity index is 3.47. The van der Waals surface area contributed by atoms with Gasteiger partial charge in [0.15, 0.2) is 0 Å². The van der Waals surface area contributed by atoms with Crippen molar-refractivity contribution in [1.82, 2.24) is 5.32 Å². The van der Waals surface area contributed by atoms with Crippen molar-refractivity contribution in [2.45, 2.75) is 264 Å². The van der Waals surface area contributed by atoms with Gasteiger partial charge in [-0.2, -0.15) is 0 Å². The van der Waals surface area contributed by atoms with Crippen molar-refractivity contribution < 1.29 is 15.0 Å². The average molecular weight is 666 g/mol. The standard InChI is InChI=1S/C43H87NO3/c1-3-5-7-9-11-13-15-17-19-21-22-23-24-26-28-30-32-34-36-38-42(46)41(40-45)44-43(47)39-37-35-33-31-29-27-25-20-18-16-14-12-10-8-6-4-2/h41-42,45-46H,3-40H2,1-2H3,(H,44,47). The molecule has 0 rings (SSSR count). The summed E-state index contributed by atoms with van der Waals surface area (Å²) < 4.78 is 0. The molecule has 0 heterocycles. The maximum atomic E-state index is 12.4. The van der Waals surface area contributed by atoms with Crippen LogP contribution in [-0.2, 0) is 4.79 Å². The Hall–Kier alpha value is -0.610. The summed E-state index contributed by atoms with van der Waals surface area (Å²) in [5.41, 5.74) is 0. The highest BCUT2D eigenvalue weighted by Gasteiger charge is 2.20. The summed E-state index contributed by atoms with van der Waals surface area (Å²) in [6.45, 7) is 4.38. The third-order valence-corrected chi connectivity index (χ3v) is 10.4. The van der Waals surface area contributed by atoms with Crippen LogP contribution in [0.4, 0.5) is 0 Å². The zero-order valence-electron chi connectivity index (χ0n) is 32.3. The number of carbonyl (C=O) groups excluding carboxylic acids is 1. The number of hydrogen-bond acceptors (Lipinski definition) is 3. The van der Waals surface area contributed by atoms with E-state index in [0.717, 1.165) is 25.7 Å². The molecule has 0 aliphatic rings. The zero-order chi connectivity index (χ0) is 34.3. The lowest BCUT2D eigenvalue weighted by atomic mass is 10.0. The maximum Gasteiger partial charge on any atom is 0.220 e. The van der Waals surface area contributed by atoms with Gasteiger partial charge in [0, 0.05) is 6.42 Å². The Kier molecular flexibility index (Phi) is 39.3. The molecule has 0 saturated heterocycles. The van der Waals surface area contributed by atoms with Gasteiger partial charge in [-0.05, 0) is 12.8 Å². The second-order valence-electron chi connectivity index (χ2n) is 15.1. The molecule has 47 heavy (non-hydrogen) atoms. The van der Waals surface area contributed by atoms with Crippen molar-refractivity contribution >= 4 is 5.91 Å². The van der Waals surface area contributed by atoms with E-state index in [2.05, 4.69) is 19.2 Å². The smallest absolute Gasteiger partial charge is 0.220 e. The molecule has 0 bridgehead atoms. The summed E-state index contributed by atoms with van der Waals surface area (Å²) in [6, 6.07) is -0.529. The molecule has 2 atom stereocenters. The summed E-state index contributed by atoms with van der Waals surface area (Å²) in [7, 11) is 0. The minimum Gasteiger partial charge on any atom is -0.394 e. The van der Waals surface area contributed by atoms with Gasteiger partial charge in [-0.15, -0.1) is 0 Å². The molecule has 0 aromatic rings. The molecule has 0 aliphatic heterocycles. The quantitative estimate of drug-likeness (QED) is 0.0570. The number of hydrogen-bond donors (Lipinski definition) is 3. The fourth-order valence-corrected chi connectivity index (χ4v) is 7.01. The first-order chi connectivity index (χ1) is 23.2. The molecule has 3 N–H and O–H groups in total. The first-order valence-electron chi connectivity index (χ1n) is 21.7. The van der Waals surface area contributed by atoms with Crippen molar-refractivity contribution in [3.8, 4) is 0 Å². The fourth-order valence-electron chi connectivity index (χ4n) is 7.01. The number of aliphatic hydroxyl groups excluding tert-OH is 2. The number of unbranched alkanes of at least 4 members (excludes halogenated alkanes) is 33. The molecule has 0 radical (unpaired) electrons. The van der Waals surface area contributed by atoms with Crippen molar-refractivity contribution in [3.63, 3.8) is 0 Å². The third kappa shape index (κ3) is 36.5. The van der Waals surface area contributed by atoms with Gasteiger partial charge >= 0.3 is 0 Å². The van der Waals surface area contributed by atoms with Crippen molar-refractivity contribution in [1.29, 1.82) is 0 Å². The van der Waals surface area contributed by atoms with Crippen LogP contribution >= 0.6 is 0 Å². The average Bonchev–Trinajstić information content (AvgIpc) is 3.07. The first kappa shape index (κ1) is 46.4. The summed E-state index contributed by atoms with van der Waals surface area (Å²) >= 11 is 0. The van der Waals surface area contributed by atoms with E-state index in [4.69, 9.17) is 0 Å². The number of carbonyl (C=O) groups is 1. The molecule has 0 spiro atoms. The van der Waals surface area contributed by atoms with Crippen molar-refractivity contribution in [3.05, 3.63) is 0 Å². The van der Waals surface area contributed by atoms with E-state index in [1.165, 1.54) is 199 Å². The number of amides is 1. The molecule has 0 aromatic carbocycles. The number of nitrogens with one attached hydrogen (secondary N) is 1. The highest BCUT2D eigenvalue weighted by molar-refractivity contribution is 5.76. The van der Waals surface area contributed by atoms with E-state index >= 15 is 0 Å². The van der Waals surface area contributed by atoms with Crippen LogP contribution in [0, 0.1) is 0 Å². The predicted octanol–water partition coefficient (Wildman–Crippen LogP) is 13.3. The van der Waals surface area contributed by atoms with Crippen LogP contribution in [0.3, 0.4) is 0 Å². The topological polar surface area (TPSA) is 69.6 Å². The molecule has 0 aromatic heterocycles. The van der Waals surface area contributed by atoms with Gasteiger partial charge in [0.05, 0.1) is 18.8 Å². The van der Waals surface area contributed by atoms with Gasteiger partial charge < -0.3 is 15.5 Å². The summed E-state index contributed by atoms with van der Waals surface area (Å²) in [6.07, 6.45) is 47.5. The van der Waals surface area contributed by atoms with Crippen molar-refractivity contribution in [2.75, 3.05) is 6.61 Å². The first-order valence-corrected chi connectivity index (χ1v) is 21.7. The van der Waals surface area contributed by atoms with E-state index in [1.807, 2.05) is 0 Å². The summed E-state index contributed by atoms with van der Waals surface area (Å²) in [4.78, 5) is 12.4. The van der Waals surface area contributed by atoms with Crippen LogP contribution in [0.2, 0.25) is 0 Å². The van der Waals surface area contributed by atoms with Gasteiger partial charge in [-0.3, -0.25) is 4.79 Å². The minimum absolute atomic E-state index is 0.0263. The summed E-state index contributed by atoms with van der Waals surface area (Å²) in [5, 5.41) is 23.2. The summed E-state index contributed by atoms with van der Waals surface area (Å²) in [5.74, 6) is -0.0263. The molecule has 4 nitrogen and oxygen atoms in total. The molecule has 282 valence electrons. The van der Waals surface area contributed by atoms with Crippen LogP contribution in [0.1, 0.15) is 251 Å². The lowest BCUT2D eigenvalue weighted by Gasteiger charge is -2.22. The Bertz CT molecular complexity index is 598. The van der Waals surface area contributed by atoms with Crippen LogP contribution in [0.5, 0.6) is 0 Å². The number of rotatable bonds is 40. The van der Waals surface area contributed by atoms with Crippen LogP contribution in [-0.4, -0.2) is 34.9 Å². The Morgan fingerprint density at radius 2 is 0.681 bits per heavy atom. The van der Waals surface area contributed by atoms with E-state index in [-0.39, 0.29) is 12.5 Å². The Labute approximate surface area is 295 Å². The molecule has 0 saturated carbocycles. The second-order valence-corrected chi connectivity index (χ2v) is 15.1. The van der Waals surface area contributed by atoms with Gasteiger partial charge in [-0.25, -0.2) is 0 Å². The van der Waals surface area contributed by atoms with E-state index < -0.39 is 12.1 Å². The van der Waals surface area contributed by atoms with E-state index in [9.17, 15) is 15.0 Å². The molecular weight excluding hydrogens is 578 g/mol. The second kappa shape index (κ2) is 39.8. The highest BCUT2D eigenvalue weighted by Crippen LogP contribution is 2.17. The van der Waals surface area contributed by atoms with Crippen LogP contribution < -0.4 is 5.32 Å². The lowest BCUT2D eigenvalue weighted by molar-refractivity contribution is -0.123. The third-order valence-electron chi connectivity index (χ3n) is 10.4. The lowest BCUT2D eigenvalue weighted by Crippen LogP contribution is -2.45. The SMILES string of the molecule is CCCCCCCCCCCCCCCCCCCCCC(O)C(CO)NC(=O)CCCCCCCCCCCCCCCCCC. The zero-order valence-corrected chi connectivity index (χ0v) is 32.3. The Morgan fingerprint density at radius 1 is 0.426 bits per heavy atom. The minimum atomic E-state index is -0.652. The van der Waals surface area contributed by atoms with Crippen molar-refractivity contribution in [2.24, 2.45) is 0 Å². The molecule has 0 aliphatic carbocycles. The normalized spacial score (nSPS) is 12.9. The Morgan fingerprint density at radius 3 is 0.957 bits per heavy atom. The molecular formula is C43H87NO3. The van der Waals surface area contributed by atoms with Gasteiger partial charge in [-0.1, -0.05) is 232 Å². The van der Waals surface area contributed by atoms with Crippen LogP contribution in [0.25, 0.3) is 0 Å². The molecule has 2 unspecified atom stereocenters.